The summed E-state index contributed by atoms with van der Waals surface area (Å²) in [5.41, 5.74) is 0. The summed E-state index contributed by atoms with van der Waals surface area (Å²) in [6.07, 6.45) is -0.0879. The van der Waals surface area contributed by atoms with Crippen LogP contribution in [-0.4, -0.2) is 38.9 Å². The fraction of sp³-hybridized carbons (Fsp3) is 1.00. The van der Waals surface area contributed by atoms with E-state index < -0.39 is 13.7 Å². The quantitative estimate of drug-likeness (QED) is 0.469. The highest BCUT2D eigenvalue weighted by atomic mass is 31.2. The van der Waals surface area contributed by atoms with E-state index in [2.05, 4.69) is 0 Å². The third kappa shape index (κ3) is 6.55. The second kappa shape index (κ2) is 7.41. The molecule has 0 aliphatic carbocycles. The molecule has 1 unspecified atom stereocenters. The van der Waals surface area contributed by atoms with Gasteiger partial charge in [-0.3, -0.25) is 4.57 Å². The summed E-state index contributed by atoms with van der Waals surface area (Å²) in [7, 11) is -2.56. The number of ether oxygens (including phenoxy) is 2. The molecule has 0 N–H and O–H groups in total. The Morgan fingerprint density at radius 2 is 1.57 bits per heavy atom. The molecular weight excluding hydrogens is 203 g/mol. The van der Waals surface area contributed by atoms with Gasteiger partial charge in [0.05, 0.1) is 12.8 Å². The van der Waals surface area contributed by atoms with Gasteiger partial charge in [0.1, 0.15) is 0 Å². The first-order valence-electron chi connectivity index (χ1n) is 5.00. The van der Waals surface area contributed by atoms with Crippen molar-refractivity contribution in [1.82, 2.24) is 0 Å². The lowest BCUT2D eigenvalue weighted by atomic mass is 10.7. The Labute approximate surface area is 86.4 Å². The molecule has 0 radical (unpaired) electrons. The molecule has 0 aliphatic rings. The van der Waals surface area contributed by atoms with Gasteiger partial charge in [0.25, 0.3) is 0 Å². The van der Waals surface area contributed by atoms with Gasteiger partial charge in [-0.1, -0.05) is 0 Å². The fourth-order valence-corrected chi connectivity index (χ4v) is 2.53. The summed E-state index contributed by atoms with van der Waals surface area (Å²) in [5, 5.41) is 0. The predicted molar refractivity (Wildman–Crippen MR) is 57.1 cm³/mol. The van der Waals surface area contributed by atoms with Crippen LogP contribution in [-0.2, 0) is 18.6 Å². The molecule has 0 bridgehead atoms. The lowest BCUT2D eigenvalue weighted by Crippen LogP contribution is -2.22. The maximum absolute atomic E-state index is 11.8. The van der Waals surface area contributed by atoms with Gasteiger partial charge in [-0.25, -0.2) is 0 Å². The Hall–Kier alpha value is 0.110. The molecule has 1 atom stereocenters. The zero-order valence-electron chi connectivity index (χ0n) is 9.49. The van der Waals surface area contributed by atoms with Crippen LogP contribution < -0.4 is 0 Å². The molecule has 0 aromatic rings. The molecule has 0 rings (SSSR count). The van der Waals surface area contributed by atoms with Gasteiger partial charge in [0, 0.05) is 19.9 Å². The average molecular weight is 224 g/mol. The van der Waals surface area contributed by atoms with Gasteiger partial charge in [-0.05, 0) is 20.8 Å². The van der Waals surface area contributed by atoms with E-state index in [0.29, 0.717) is 26.0 Å². The van der Waals surface area contributed by atoms with Crippen LogP contribution in [0, 0.1) is 0 Å². The molecule has 86 valence electrons. The molecule has 5 heteroatoms. The maximum atomic E-state index is 11.8. The lowest BCUT2D eigenvalue weighted by Gasteiger charge is -2.20. The number of hydrogen-bond acceptors (Lipinski definition) is 4. The SMILES string of the molecule is CCOC(CP(C)(=O)OCC)OCC. The first kappa shape index (κ1) is 14.1. The Morgan fingerprint density at radius 1 is 1.07 bits per heavy atom. The largest absolute Gasteiger partial charge is 0.352 e. The summed E-state index contributed by atoms with van der Waals surface area (Å²) in [4.78, 5) is 0. The Morgan fingerprint density at radius 3 is 1.93 bits per heavy atom. The van der Waals surface area contributed by atoms with Gasteiger partial charge in [-0.15, -0.1) is 0 Å². The highest BCUT2D eigenvalue weighted by Crippen LogP contribution is 2.43. The standard InChI is InChI=1S/C9H21O4P/c1-5-11-9(12-6-2)8-14(4,10)13-7-3/h9H,5-8H2,1-4H3. The minimum atomic E-state index is -2.56. The Bertz CT molecular complexity index is 178. The summed E-state index contributed by atoms with van der Waals surface area (Å²) < 4.78 is 27.5. The third-order valence-electron chi connectivity index (χ3n) is 1.59. The van der Waals surface area contributed by atoms with Crippen molar-refractivity contribution in [2.24, 2.45) is 0 Å². The summed E-state index contributed by atoms with van der Waals surface area (Å²) >= 11 is 0. The van der Waals surface area contributed by atoms with E-state index in [1.165, 1.54) is 0 Å². The van der Waals surface area contributed by atoms with Crippen molar-refractivity contribution < 1.29 is 18.6 Å². The van der Waals surface area contributed by atoms with E-state index in [0.717, 1.165) is 0 Å². The van der Waals surface area contributed by atoms with Crippen LogP contribution in [0.5, 0.6) is 0 Å². The van der Waals surface area contributed by atoms with Gasteiger partial charge >= 0.3 is 0 Å². The molecule has 0 aliphatic heterocycles. The van der Waals surface area contributed by atoms with Crippen molar-refractivity contribution in [2.75, 3.05) is 32.6 Å². The summed E-state index contributed by atoms with van der Waals surface area (Å²) in [6, 6.07) is 0. The van der Waals surface area contributed by atoms with Crippen molar-refractivity contribution >= 4 is 7.37 Å². The third-order valence-corrected chi connectivity index (χ3v) is 3.35. The smallest absolute Gasteiger partial charge is 0.205 e. The van der Waals surface area contributed by atoms with Crippen LogP contribution >= 0.6 is 7.37 Å². The van der Waals surface area contributed by atoms with Crippen LogP contribution in [0.15, 0.2) is 0 Å². The van der Waals surface area contributed by atoms with E-state index in [1.807, 2.05) is 20.8 Å². The van der Waals surface area contributed by atoms with Crippen LogP contribution in [0.1, 0.15) is 20.8 Å². The fourth-order valence-electron chi connectivity index (χ4n) is 1.12. The van der Waals surface area contributed by atoms with Crippen molar-refractivity contribution in [2.45, 2.75) is 27.1 Å². The zero-order chi connectivity index (χ0) is 11.0. The van der Waals surface area contributed by atoms with Crippen molar-refractivity contribution in [3.05, 3.63) is 0 Å². The van der Waals surface area contributed by atoms with E-state index in [4.69, 9.17) is 14.0 Å². The van der Waals surface area contributed by atoms with E-state index >= 15 is 0 Å². The highest BCUT2D eigenvalue weighted by molar-refractivity contribution is 7.58. The van der Waals surface area contributed by atoms with E-state index in [-0.39, 0.29) is 0 Å². The second-order valence-electron chi connectivity index (χ2n) is 2.95. The topological polar surface area (TPSA) is 44.8 Å². The molecule has 0 amide bonds. The first-order valence-corrected chi connectivity index (χ1v) is 7.25. The molecule has 0 aromatic carbocycles. The van der Waals surface area contributed by atoms with Crippen molar-refractivity contribution in [3.63, 3.8) is 0 Å². The minimum Gasteiger partial charge on any atom is -0.352 e. The van der Waals surface area contributed by atoms with E-state index in [1.54, 1.807) is 6.66 Å². The van der Waals surface area contributed by atoms with Crippen molar-refractivity contribution in [3.8, 4) is 0 Å². The lowest BCUT2D eigenvalue weighted by molar-refractivity contribution is -0.121. The Kier molecular flexibility index (Phi) is 7.47. The maximum Gasteiger partial charge on any atom is 0.205 e. The monoisotopic (exact) mass is 224 g/mol. The highest BCUT2D eigenvalue weighted by Gasteiger charge is 2.22. The summed E-state index contributed by atoms with van der Waals surface area (Å²) in [5.74, 6) is 0. The normalized spacial score (nSPS) is 15.8. The molecule has 0 fully saturated rings. The second-order valence-corrected chi connectivity index (χ2v) is 5.61. The average Bonchev–Trinajstić information content (AvgIpc) is 2.03. The minimum absolute atomic E-state index is 0.322. The Balaban J connectivity index is 4.05. The van der Waals surface area contributed by atoms with E-state index in [9.17, 15) is 4.57 Å². The summed E-state index contributed by atoms with van der Waals surface area (Å²) in [6.45, 7) is 8.76. The van der Waals surface area contributed by atoms with Gasteiger partial charge in [0.15, 0.2) is 6.29 Å². The number of hydrogen-bond donors (Lipinski definition) is 0. The molecule has 0 heterocycles. The van der Waals surface area contributed by atoms with Gasteiger partial charge < -0.3 is 14.0 Å². The number of rotatable bonds is 8. The molecule has 0 saturated heterocycles. The zero-order valence-corrected chi connectivity index (χ0v) is 10.4. The first-order chi connectivity index (χ1) is 6.55. The van der Waals surface area contributed by atoms with Crippen molar-refractivity contribution in [1.29, 1.82) is 0 Å². The van der Waals surface area contributed by atoms with Gasteiger partial charge in [-0.2, -0.15) is 0 Å². The van der Waals surface area contributed by atoms with Crippen LogP contribution in [0.2, 0.25) is 0 Å². The van der Waals surface area contributed by atoms with Crippen LogP contribution in [0.3, 0.4) is 0 Å². The molecular formula is C9H21O4P. The molecule has 0 spiro atoms. The van der Waals surface area contributed by atoms with Crippen LogP contribution in [0.25, 0.3) is 0 Å². The molecule has 0 aromatic heterocycles. The predicted octanol–water partition coefficient (Wildman–Crippen LogP) is 2.33. The molecule has 14 heavy (non-hydrogen) atoms. The van der Waals surface area contributed by atoms with Gasteiger partial charge in [0.2, 0.25) is 7.37 Å². The van der Waals surface area contributed by atoms with Crippen LogP contribution in [0.4, 0.5) is 0 Å². The molecule has 4 nitrogen and oxygen atoms in total. The molecule has 0 saturated carbocycles.